The van der Waals surface area contributed by atoms with E-state index in [4.69, 9.17) is 4.98 Å². The summed E-state index contributed by atoms with van der Waals surface area (Å²) in [5.74, 6) is 0.662. The molecule has 0 atom stereocenters. The van der Waals surface area contributed by atoms with E-state index in [-0.39, 0.29) is 5.56 Å². The topological polar surface area (TPSA) is 53.9 Å². The quantitative estimate of drug-likeness (QED) is 0.806. The number of fused-ring (bicyclic) bond motifs is 1. The Kier molecular flexibility index (Phi) is 3.78. The molecule has 1 aliphatic heterocycles. The molecule has 0 amide bonds. The summed E-state index contributed by atoms with van der Waals surface area (Å²) in [6, 6.07) is 14.0. The number of aromatic amines is 1. The normalized spacial score (nSPS) is 14.5. The van der Waals surface area contributed by atoms with Crippen molar-refractivity contribution in [3.63, 3.8) is 0 Å². The zero-order valence-electron chi connectivity index (χ0n) is 13.7. The van der Waals surface area contributed by atoms with Gasteiger partial charge in [0.1, 0.15) is 5.82 Å². The summed E-state index contributed by atoms with van der Waals surface area (Å²) < 4.78 is 2.12. The van der Waals surface area contributed by atoms with Crippen molar-refractivity contribution in [2.45, 2.75) is 19.5 Å². The summed E-state index contributed by atoms with van der Waals surface area (Å²) in [6.07, 6.45) is 2.86. The van der Waals surface area contributed by atoms with Crippen LogP contribution in [0.15, 0.2) is 53.5 Å². The number of benzene rings is 1. The lowest BCUT2D eigenvalue weighted by molar-refractivity contribution is 0.237. The third kappa shape index (κ3) is 2.78. The van der Waals surface area contributed by atoms with Gasteiger partial charge in [-0.25, -0.2) is 4.98 Å². The van der Waals surface area contributed by atoms with Crippen molar-refractivity contribution in [1.29, 1.82) is 0 Å². The lowest BCUT2D eigenvalue weighted by atomic mass is 10.1. The second kappa shape index (κ2) is 6.09. The van der Waals surface area contributed by atoms with Crippen LogP contribution in [0.4, 0.5) is 0 Å². The van der Waals surface area contributed by atoms with Gasteiger partial charge >= 0.3 is 0 Å². The lowest BCUT2D eigenvalue weighted by Crippen LogP contribution is -2.35. The summed E-state index contributed by atoms with van der Waals surface area (Å²) in [6.45, 7) is 2.42. The molecule has 5 heteroatoms. The van der Waals surface area contributed by atoms with E-state index in [0.29, 0.717) is 12.4 Å². The number of H-pyrrole nitrogens is 1. The zero-order valence-corrected chi connectivity index (χ0v) is 13.7. The van der Waals surface area contributed by atoms with Gasteiger partial charge in [-0.05, 0) is 12.1 Å². The van der Waals surface area contributed by atoms with Gasteiger partial charge in [0.15, 0.2) is 0 Å². The first-order valence-corrected chi connectivity index (χ1v) is 8.21. The third-order valence-electron chi connectivity index (χ3n) is 4.63. The van der Waals surface area contributed by atoms with Gasteiger partial charge in [-0.3, -0.25) is 9.69 Å². The van der Waals surface area contributed by atoms with Gasteiger partial charge in [0, 0.05) is 50.6 Å². The minimum absolute atomic E-state index is 0.0181. The van der Waals surface area contributed by atoms with Crippen molar-refractivity contribution in [1.82, 2.24) is 19.4 Å². The number of hydrogen-bond donors (Lipinski definition) is 1. The van der Waals surface area contributed by atoms with E-state index in [1.54, 1.807) is 0 Å². The molecule has 3 heterocycles. The fourth-order valence-corrected chi connectivity index (χ4v) is 3.24. The molecular weight excluding hydrogens is 300 g/mol. The smallest absolute Gasteiger partial charge is 0.255 e. The molecular formula is C19H20N4O. The third-order valence-corrected chi connectivity index (χ3v) is 4.63. The molecule has 1 aromatic carbocycles. The highest BCUT2D eigenvalue weighted by Gasteiger charge is 2.22. The monoisotopic (exact) mass is 320 g/mol. The molecule has 24 heavy (non-hydrogen) atoms. The molecule has 0 aliphatic carbocycles. The van der Waals surface area contributed by atoms with E-state index < -0.39 is 0 Å². The summed E-state index contributed by atoms with van der Waals surface area (Å²) in [7, 11) is 2.05. The molecule has 2 aromatic heterocycles. The van der Waals surface area contributed by atoms with Gasteiger partial charge in [0.25, 0.3) is 5.56 Å². The Hall–Kier alpha value is -2.66. The highest BCUT2D eigenvalue weighted by atomic mass is 16.1. The van der Waals surface area contributed by atoms with Gasteiger partial charge < -0.3 is 9.55 Å². The van der Waals surface area contributed by atoms with Gasteiger partial charge in [0.2, 0.25) is 0 Å². The van der Waals surface area contributed by atoms with Crippen LogP contribution in [0.1, 0.15) is 17.0 Å². The van der Waals surface area contributed by atoms with Crippen LogP contribution in [0.2, 0.25) is 0 Å². The average molecular weight is 320 g/mol. The van der Waals surface area contributed by atoms with Crippen molar-refractivity contribution in [2.24, 2.45) is 7.05 Å². The van der Waals surface area contributed by atoms with Gasteiger partial charge in [-0.2, -0.15) is 0 Å². The van der Waals surface area contributed by atoms with Crippen LogP contribution in [-0.2, 0) is 26.6 Å². The number of nitrogens with zero attached hydrogens (tertiary/aromatic N) is 3. The molecule has 0 saturated heterocycles. The number of nitrogens with one attached hydrogen (secondary N) is 1. The Morgan fingerprint density at radius 1 is 1.17 bits per heavy atom. The molecule has 5 nitrogen and oxygen atoms in total. The fraction of sp³-hybridized carbons (Fsp3) is 0.263. The van der Waals surface area contributed by atoms with Crippen LogP contribution in [0.5, 0.6) is 0 Å². The van der Waals surface area contributed by atoms with Gasteiger partial charge in [-0.15, -0.1) is 0 Å². The Morgan fingerprint density at radius 3 is 2.75 bits per heavy atom. The molecule has 0 fully saturated rings. The summed E-state index contributed by atoms with van der Waals surface area (Å²) in [5, 5.41) is 0. The van der Waals surface area contributed by atoms with Crippen molar-refractivity contribution in [3.8, 4) is 11.4 Å². The molecule has 4 rings (SSSR count). The van der Waals surface area contributed by atoms with Crippen LogP contribution in [0.25, 0.3) is 11.4 Å². The summed E-state index contributed by atoms with van der Waals surface area (Å²) in [5.41, 5.74) is 3.92. The molecule has 1 aliphatic rings. The van der Waals surface area contributed by atoms with Gasteiger partial charge in [-0.1, -0.05) is 30.3 Å². The largest absolute Gasteiger partial charge is 0.353 e. The van der Waals surface area contributed by atoms with Gasteiger partial charge in [0.05, 0.1) is 11.3 Å². The van der Waals surface area contributed by atoms with E-state index in [1.807, 2.05) is 49.6 Å². The molecule has 0 radical (unpaired) electrons. The molecule has 0 bridgehead atoms. The van der Waals surface area contributed by atoms with E-state index >= 15 is 0 Å². The first-order valence-electron chi connectivity index (χ1n) is 8.21. The summed E-state index contributed by atoms with van der Waals surface area (Å²) >= 11 is 0. The first-order chi connectivity index (χ1) is 11.7. The number of aryl methyl sites for hydroxylation is 1. The fourth-order valence-electron chi connectivity index (χ4n) is 3.24. The second-order valence-corrected chi connectivity index (χ2v) is 6.28. The number of aromatic nitrogens is 3. The maximum atomic E-state index is 12.5. The van der Waals surface area contributed by atoms with Crippen LogP contribution in [0.3, 0.4) is 0 Å². The van der Waals surface area contributed by atoms with E-state index in [1.165, 1.54) is 5.69 Å². The number of hydrogen-bond acceptors (Lipinski definition) is 3. The van der Waals surface area contributed by atoms with Crippen LogP contribution in [0, 0.1) is 0 Å². The Labute approximate surface area is 140 Å². The van der Waals surface area contributed by atoms with Crippen molar-refractivity contribution in [3.05, 3.63) is 76.0 Å². The molecule has 122 valence electrons. The highest BCUT2D eigenvalue weighted by molar-refractivity contribution is 5.54. The minimum atomic E-state index is -0.0181. The average Bonchev–Trinajstić information content (AvgIpc) is 3.01. The molecule has 0 spiro atoms. The molecule has 0 unspecified atom stereocenters. The first kappa shape index (κ1) is 14.9. The Bertz CT molecular complexity index is 911. The SMILES string of the molecule is Cn1cccc1CN1CCc2nc(-c3ccccc3)[nH]c(=O)c2C1. The second-order valence-electron chi connectivity index (χ2n) is 6.28. The standard InChI is InChI=1S/C19H20N4O/c1-22-10-5-8-15(22)12-23-11-9-17-16(13-23)19(24)21-18(20-17)14-6-3-2-4-7-14/h2-8,10H,9,11-13H2,1H3,(H,20,21,24). The molecule has 1 N–H and O–H groups in total. The summed E-state index contributed by atoms with van der Waals surface area (Å²) in [4.78, 5) is 22.5. The maximum absolute atomic E-state index is 12.5. The van der Waals surface area contributed by atoms with E-state index in [2.05, 4.69) is 20.5 Å². The zero-order chi connectivity index (χ0) is 16.5. The predicted octanol–water partition coefficient (Wildman–Crippen LogP) is 2.33. The lowest BCUT2D eigenvalue weighted by Gasteiger charge is -2.27. The highest BCUT2D eigenvalue weighted by Crippen LogP contribution is 2.19. The number of rotatable bonds is 3. The van der Waals surface area contributed by atoms with Crippen molar-refractivity contribution < 1.29 is 0 Å². The van der Waals surface area contributed by atoms with Crippen LogP contribution >= 0.6 is 0 Å². The van der Waals surface area contributed by atoms with Crippen molar-refractivity contribution in [2.75, 3.05) is 6.54 Å². The van der Waals surface area contributed by atoms with Crippen LogP contribution < -0.4 is 5.56 Å². The Morgan fingerprint density at radius 2 is 2.00 bits per heavy atom. The Balaban J connectivity index is 1.61. The molecule has 3 aromatic rings. The van der Waals surface area contributed by atoms with Crippen molar-refractivity contribution >= 4 is 0 Å². The van der Waals surface area contributed by atoms with E-state index in [9.17, 15) is 4.79 Å². The predicted molar refractivity (Wildman–Crippen MR) is 93.5 cm³/mol. The van der Waals surface area contributed by atoms with Crippen LogP contribution in [-0.4, -0.2) is 26.0 Å². The van der Waals surface area contributed by atoms with E-state index in [0.717, 1.165) is 36.3 Å². The molecule has 0 saturated carbocycles. The minimum Gasteiger partial charge on any atom is -0.353 e. The maximum Gasteiger partial charge on any atom is 0.255 e.